The Morgan fingerprint density at radius 2 is 1.68 bits per heavy atom. The normalized spacial score (nSPS) is 21.6. The standard InChI is InChI=1S/C25H30N4O4S/c1-27-11-13-28(14-12-27)34(32,33)23-9-6-21(7-10-23)26-25(31)20-16-24(30)29(17-20)22-8-5-18-3-2-4-19(18)15-22/h5-10,15,20H,2-4,11-14,16-17H2,1H3,(H,26,31). The van der Waals surface area contributed by atoms with Gasteiger partial charge in [0.25, 0.3) is 0 Å². The van der Waals surface area contributed by atoms with Crippen LogP contribution in [0.2, 0.25) is 0 Å². The molecule has 2 aromatic rings. The molecule has 0 bridgehead atoms. The van der Waals surface area contributed by atoms with E-state index in [1.54, 1.807) is 17.0 Å². The number of aryl methyl sites for hydroxylation is 2. The fourth-order valence-corrected chi connectivity index (χ4v) is 6.41. The first-order valence-electron chi connectivity index (χ1n) is 11.8. The largest absolute Gasteiger partial charge is 0.326 e. The Hall–Kier alpha value is -2.75. The minimum absolute atomic E-state index is 0.0493. The van der Waals surface area contributed by atoms with E-state index in [0.717, 1.165) is 24.9 Å². The molecule has 0 aromatic heterocycles. The second-order valence-corrected chi connectivity index (χ2v) is 11.4. The van der Waals surface area contributed by atoms with Gasteiger partial charge in [0.15, 0.2) is 0 Å². The minimum Gasteiger partial charge on any atom is -0.326 e. The number of hydrogen-bond donors (Lipinski definition) is 1. The summed E-state index contributed by atoms with van der Waals surface area (Å²) in [6, 6.07) is 12.4. The molecule has 2 fully saturated rings. The molecule has 0 saturated carbocycles. The van der Waals surface area contributed by atoms with E-state index in [0.29, 0.717) is 38.4 Å². The number of hydrogen-bond acceptors (Lipinski definition) is 5. The van der Waals surface area contributed by atoms with Crippen LogP contribution >= 0.6 is 0 Å². The summed E-state index contributed by atoms with van der Waals surface area (Å²) < 4.78 is 27.3. The Morgan fingerprint density at radius 1 is 0.971 bits per heavy atom. The van der Waals surface area contributed by atoms with Crippen LogP contribution in [0.15, 0.2) is 47.4 Å². The highest BCUT2D eigenvalue weighted by Gasteiger charge is 2.35. The van der Waals surface area contributed by atoms with Gasteiger partial charge < -0.3 is 15.1 Å². The molecule has 180 valence electrons. The number of amides is 2. The Kier molecular flexibility index (Phi) is 6.18. The summed E-state index contributed by atoms with van der Waals surface area (Å²) in [7, 11) is -1.58. The van der Waals surface area contributed by atoms with Crippen molar-refractivity contribution in [2.24, 2.45) is 5.92 Å². The van der Waals surface area contributed by atoms with Crippen molar-refractivity contribution in [2.75, 3.05) is 50.0 Å². The zero-order valence-electron chi connectivity index (χ0n) is 19.4. The lowest BCUT2D eigenvalue weighted by Gasteiger charge is -2.31. The summed E-state index contributed by atoms with van der Waals surface area (Å²) in [4.78, 5) is 29.5. The zero-order valence-corrected chi connectivity index (χ0v) is 20.2. The molecular weight excluding hydrogens is 452 g/mol. The van der Waals surface area contributed by atoms with Crippen LogP contribution in [0, 0.1) is 5.92 Å². The number of anilines is 2. The van der Waals surface area contributed by atoms with E-state index >= 15 is 0 Å². The summed E-state index contributed by atoms with van der Waals surface area (Å²) in [5.74, 6) is -0.729. The highest BCUT2D eigenvalue weighted by atomic mass is 32.2. The third kappa shape index (κ3) is 4.47. The van der Waals surface area contributed by atoms with Crippen molar-refractivity contribution in [3.63, 3.8) is 0 Å². The van der Waals surface area contributed by atoms with Gasteiger partial charge in [-0.15, -0.1) is 0 Å². The SMILES string of the molecule is CN1CCN(S(=O)(=O)c2ccc(NC(=O)C3CC(=O)N(c4ccc5c(c4)CCC5)C3)cc2)CC1. The summed E-state index contributed by atoms with van der Waals surface area (Å²) in [5, 5.41) is 2.85. The van der Waals surface area contributed by atoms with E-state index in [1.165, 1.54) is 27.6 Å². The number of sulfonamides is 1. The van der Waals surface area contributed by atoms with Crippen molar-refractivity contribution in [2.45, 2.75) is 30.6 Å². The van der Waals surface area contributed by atoms with Gasteiger partial charge in [0.2, 0.25) is 21.8 Å². The number of carbonyl (C=O) groups excluding carboxylic acids is 2. The smallest absolute Gasteiger partial charge is 0.243 e. The number of nitrogens with one attached hydrogen (secondary N) is 1. The molecule has 9 heteroatoms. The number of benzene rings is 2. The first kappa shape index (κ1) is 23.0. The van der Waals surface area contributed by atoms with Gasteiger partial charge in [-0.3, -0.25) is 9.59 Å². The van der Waals surface area contributed by atoms with Crippen LogP contribution in [0.3, 0.4) is 0 Å². The second kappa shape index (κ2) is 9.13. The molecule has 5 rings (SSSR count). The minimum atomic E-state index is -3.55. The fourth-order valence-electron chi connectivity index (χ4n) is 4.99. The van der Waals surface area contributed by atoms with E-state index in [2.05, 4.69) is 22.3 Å². The van der Waals surface area contributed by atoms with Gasteiger partial charge in [-0.2, -0.15) is 4.31 Å². The van der Waals surface area contributed by atoms with Gasteiger partial charge in [-0.1, -0.05) is 6.07 Å². The van der Waals surface area contributed by atoms with Crippen molar-refractivity contribution in [3.8, 4) is 0 Å². The van der Waals surface area contributed by atoms with Gasteiger partial charge in [-0.05, 0) is 73.8 Å². The maximum atomic E-state index is 12.9. The number of likely N-dealkylation sites (N-methyl/N-ethyl adjacent to an activating group) is 1. The van der Waals surface area contributed by atoms with Crippen molar-refractivity contribution < 1.29 is 18.0 Å². The van der Waals surface area contributed by atoms with E-state index in [9.17, 15) is 18.0 Å². The molecule has 2 aromatic carbocycles. The zero-order chi connectivity index (χ0) is 23.9. The van der Waals surface area contributed by atoms with E-state index < -0.39 is 15.9 Å². The molecule has 1 N–H and O–H groups in total. The summed E-state index contributed by atoms with van der Waals surface area (Å²) in [6.45, 7) is 2.69. The monoisotopic (exact) mass is 482 g/mol. The first-order valence-corrected chi connectivity index (χ1v) is 13.3. The topological polar surface area (TPSA) is 90.0 Å². The third-order valence-electron chi connectivity index (χ3n) is 7.11. The van der Waals surface area contributed by atoms with Crippen LogP contribution in [0.4, 0.5) is 11.4 Å². The van der Waals surface area contributed by atoms with E-state index in [4.69, 9.17) is 0 Å². The maximum Gasteiger partial charge on any atom is 0.243 e. The fraction of sp³-hybridized carbons (Fsp3) is 0.440. The molecule has 1 atom stereocenters. The van der Waals surface area contributed by atoms with Crippen molar-refractivity contribution in [1.29, 1.82) is 0 Å². The van der Waals surface area contributed by atoms with Gasteiger partial charge in [0, 0.05) is 50.5 Å². The molecular formula is C25H30N4O4S. The third-order valence-corrected chi connectivity index (χ3v) is 9.02. The van der Waals surface area contributed by atoms with Crippen LogP contribution in [0.1, 0.15) is 24.0 Å². The molecule has 8 nitrogen and oxygen atoms in total. The van der Waals surface area contributed by atoms with Crippen LogP contribution in [-0.4, -0.2) is 69.2 Å². The molecule has 3 aliphatic rings. The second-order valence-electron chi connectivity index (χ2n) is 9.43. The lowest BCUT2D eigenvalue weighted by atomic mass is 10.1. The number of fused-ring (bicyclic) bond motifs is 1. The molecule has 0 radical (unpaired) electrons. The number of carbonyl (C=O) groups is 2. The Bertz CT molecular complexity index is 1200. The van der Waals surface area contributed by atoms with Gasteiger partial charge in [-0.25, -0.2) is 8.42 Å². The van der Waals surface area contributed by atoms with Crippen molar-refractivity contribution in [1.82, 2.24) is 9.21 Å². The first-order chi connectivity index (χ1) is 16.3. The molecule has 1 unspecified atom stereocenters. The van der Waals surface area contributed by atoms with E-state index in [1.807, 2.05) is 13.1 Å². The van der Waals surface area contributed by atoms with Crippen LogP contribution < -0.4 is 10.2 Å². The molecule has 1 aliphatic carbocycles. The summed E-state index contributed by atoms with van der Waals surface area (Å²) in [6.07, 6.45) is 3.44. The number of piperazine rings is 1. The Morgan fingerprint density at radius 3 is 2.41 bits per heavy atom. The number of rotatable bonds is 5. The lowest BCUT2D eigenvalue weighted by molar-refractivity contribution is -0.122. The Labute approximate surface area is 200 Å². The molecule has 2 aliphatic heterocycles. The molecule has 2 amide bonds. The van der Waals surface area contributed by atoms with Gasteiger partial charge in [0.1, 0.15) is 0 Å². The lowest BCUT2D eigenvalue weighted by Crippen LogP contribution is -2.46. The van der Waals surface area contributed by atoms with E-state index in [-0.39, 0.29) is 23.1 Å². The molecule has 2 saturated heterocycles. The average Bonchev–Trinajstić information content (AvgIpc) is 3.45. The van der Waals surface area contributed by atoms with Crippen molar-refractivity contribution >= 4 is 33.2 Å². The van der Waals surface area contributed by atoms with Gasteiger partial charge >= 0.3 is 0 Å². The summed E-state index contributed by atoms with van der Waals surface area (Å²) >= 11 is 0. The number of nitrogens with zero attached hydrogens (tertiary/aromatic N) is 3. The Balaban J connectivity index is 1.22. The molecule has 0 spiro atoms. The quantitative estimate of drug-likeness (QED) is 0.705. The predicted octanol–water partition coefficient (Wildman–Crippen LogP) is 2.10. The summed E-state index contributed by atoms with van der Waals surface area (Å²) in [5.41, 5.74) is 4.03. The van der Waals surface area contributed by atoms with Crippen LogP contribution in [-0.2, 0) is 32.5 Å². The molecule has 34 heavy (non-hydrogen) atoms. The maximum absolute atomic E-state index is 12.9. The van der Waals surface area contributed by atoms with Crippen LogP contribution in [0.25, 0.3) is 0 Å². The van der Waals surface area contributed by atoms with Crippen LogP contribution in [0.5, 0.6) is 0 Å². The highest BCUT2D eigenvalue weighted by Crippen LogP contribution is 2.31. The predicted molar refractivity (Wildman–Crippen MR) is 130 cm³/mol. The average molecular weight is 483 g/mol. The van der Waals surface area contributed by atoms with Crippen molar-refractivity contribution in [3.05, 3.63) is 53.6 Å². The highest BCUT2D eigenvalue weighted by molar-refractivity contribution is 7.89. The van der Waals surface area contributed by atoms with Gasteiger partial charge in [0.05, 0.1) is 10.8 Å². The molecule has 2 heterocycles.